The maximum atomic E-state index is 11.8. The van der Waals surface area contributed by atoms with Crippen LogP contribution in [0.4, 0.5) is 4.79 Å². The van der Waals surface area contributed by atoms with E-state index in [1.165, 1.54) is 25.7 Å². The van der Waals surface area contributed by atoms with Gasteiger partial charge in [0.15, 0.2) is 0 Å². The summed E-state index contributed by atoms with van der Waals surface area (Å²) in [5.74, 6) is 0.140. The molecule has 0 atom stereocenters. The lowest BCUT2D eigenvalue weighted by molar-refractivity contribution is -0.121. The van der Waals surface area contributed by atoms with Crippen LogP contribution < -0.4 is 10.6 Å². The maximum Gasteiger partial charge on any atom is 0.407 e. The Morgan fingerprint density at radius 2 is 1.39 bits per heavy atom. The van der Waals surface area contributed by atoms with Gasteiger partial charge >= 0.3 is 6.09 Å². The van der Waals surface area contributed by atoms with Crippen molar-refractivity contribution in [1.29, 1.82) is 0 Å². The number of benzene rings is 1. The molecule has 0 fully saturated rings. The molecule has 0 radical (unpaired) electrons. The van der Waals surface area contributed by atoms with Crippen LogP contribution in [0.3, 0.4) is 0 Å². The third-order valence-electron chi connectivity index (χ3n) is 4.33. The van der Waals surface area contributed by atoms with E-state index in [0.29, 0.717) is 19.5 Å². The van der Waals surface area contributed by atoms with Gasteiger partial charge in [0, 0.05) is 19.5 Å². The molecule has 0 saturated heterocycles. The van der Waals surface area contributed by atoms with Crippen molar-refractivity contribution in [2.24, 2.45) is 0 Å². The number of unbranched alkanes of at least 4 members (excludes halogenated alkanes) is 7. The van der Waals surface area contributed by atoms with Crippen LogP contribution in [-0.2, 0) is 16.1 Å². The standard InChI is InChI=1S/C23H38N2O3/c1-23(2,3)28-22(27)24-18-14-9-7-5-4-6-8-13-17-21(26)25-19-20-15-11-10-12-16-20/h10-12,15-16H,4-9,13-14,17-19H2,1-3H3,(H,24,27)(H,25,26). The van der Waals surface area contributed by atoms with E-state index in [4.69, 9.17) is 4.74 Å². The SMILES string of the molecule is CC(C)(C)OC(=O)NCCCCCCCCCCC(=O)NCc1ccccc1. The first-order chi connectivity index (χ1) is 13.4. The summed E-state index contributed by atoms with van der Waals surface area (Å²) in [5, 5.41) is 5.76. The molecule has 0 aliphatic heterocycles. The second-order valence-electron chi connectivity index (χ2n) is 8.27. The van der Waals surface area contributed by atoms with Crippen molar-refractivity contribution in [3.8, 4) is 0 Å². The number of hydrogen-bond donors (Lipinski definition) is 2. The van der Waals surface area contributed by atoms with E-state index in [1.54, 1.807) is 0 Å². The van der Waals surface area contributed by atoms with Gasteiger partial charge in [0.05, 0.1) is 0 Å². The highest BCUT2D eigenvalue weighted by Crippen LogP contribution is 2.10. The van der Waals surface area contributed by atoms with E-state index in [0.717, 1.165) is 31.2 Å². The fourth-order valence-electron chi connectivity index (χ4n) is 2.86. The Morgan fingerprint density at radius 1 is 0.821 bits per heavy atom. The first-order valence-electron chi connectivity index (χ1n) is 10.6. The van der Waals surface area contributed by atoms with Crippen LogP contribution in [0.1, 0.15) is 84.1 Å². The van der Waals surface area contributed by atoms with E-state index in [9.17, 15) is 9.59 Å². The van der Waals surface area contributed by atoms with E-state index >= 15 is 0 Å². The summed E-state index contributed by atoms with van der Waals surface area (Å²) in [6.07, 6.45) is 9.26. The summed E-state index contributed by atoms with van der Waals surface area (Å²) >= 11 is 0. The molecule has 1 rings (SSSR count). The third kappa shape index (κ3) is 14.1. The molecule has 5 heteroatoms. The first-order valence-corrected chi connectivity index (χ1v) is 10.6. The van der Waals surface area contributed by atoms with Gasteiger partial charge in [-0.15, -0.1) is 0 Å². The predicted octanol–water partition coefficient (Wildman–Crippen LogP) is 5.34. The number of hydrogen-bond acceptors (Lipinski definition) is 3. The van der Waals surface area contributed by atoms with Crippen molar-refractivity contribution >= 4 is 12.0 Å². The molecule has 0 saturated carbocycles. The molecule has 0 spiro atoms. The molecule has 0 heterocycles. The van der Waals surface area contributed by atoms with E-state index in [1.807, 2.05) is 51.1 Å². The van der Waals surface area contributed by atoms with Crippen molar-refractivity contribution in [1.82, 2.24) is 10.6 Å². The molecule has 1 aromatic carbocycles. The normalized spacial score (nSPS) is 11.1. The summed E-state index contributed by atoms with van der Waals surface area (Å²) in [4.78, 5) is 23.3. The molecule has 0 aromatic heterocycles. The monoisotopic (exact) mass is 390 g/mol. The highest BCUT2D eigenvalue weighted by atomic mass is 16.6. The molecule has 2 N–H and O–H groups in total. The van der Waals surface area contributed by atoms with Crippen LogP contribution in [0.15, 0.2) is 30.3 Å². The lowest BCUT2D eigenvalue weighted by Crippen LogP contribution is -2.32. The zero-order valence-corrected chi connectivity index (χ0v) is 17.9. The third-order valence-corrected chi connectivity index (χ3v) is 4.33. The Balaban J connectivity index is 1.85. The van der Waals surface area contributed by atoms with Crippen molar-refractivity contribution in [3.63, 3.8) is 0 Å². The molecule has 0 aliphatic rings. The minimum Gasteiger partial charge on any atom is -0.444 e. The summed E-state index contributed by atoms with van der Waals surface area (Å²) in [6.45, 7) is 6.88. The number of amides is 2. The number of rotatable bonds is 13. The van der Waals surface area contributed by atoms with E-state index in [-0.39, 0.29) is 12.0 Å². The van der Waals surface area contributed by atoms with Gasteiger partial charge in [-0.25, -0.2) is 4.79 Å². The summed E-state index contributed by atoms with van der Waals surface area (Å²) in [6, 6.07) is 9.99. The topological polar surface area (TPSA) is 67.4 Å². The van der Waals surface area contributed by atoms with Crippen molar-refractivity contribution < 1.29 is 14.3 Å². The Bertz CT molecular complexity index is 553. The summed E-state index contributed by atoms with van der Waals surface area (Å²) < 4.78 is 5.20. The van der Waals surface area contributed by atoms with Crippen LogP contribution in [-0.4, -0.2) is 24.1 Å². The zero-order valence-electron chi connectivity index (χ0n) is 17.9. The molecule has 158 valence electrons. The van der Waals surface area contributed by atoms with Crippen molar-refractivity contribution in [2.75, 3.05) is 6.54 Å². The van der Waals surface area contributed by atoms with Gasteiger partial charge in [0.25, 0.3) is 0 Å². The molecule has 28 heavy (non-hydrogen) atoms. The zero-order chi connectivity index (χ0) is 20.7. The number of carbonyl (C=O) groups excluding carboxylic acids is 2. The molecule has 0 unspecified atom stereocenters. The van der Waals surface area contributed by atoms with Gasteiger partial charge in [0.2, 0.25) is 5.91 Å². The molecular formula is C23H38N2O3. The van der Waals surface area contributed by atoms with Gasteiger partial charge in [0.1, 0.15) is 5.60 Å². The lowest BCUT2D eigenvalue weighted by Gasteiger charge is -2.19. The smallest absolute Gasteiger partial charge is 0.407 e. The average molecular weight is 391 g/mol. The van der Waals surface area contributed by atoms with Crippen LogP contribution in [0.5, 0.6) is 0 Å². The Hall–Kier alpha value is -2.04. The number of nitrogens with one attached hydrogen (secondary N) is 2. The second-order valence-corrected chi connectivity index (χ2v) is 8.27. The first kappa shape index (κ1) is 24.0. The van der Waals surface area contributed by atoms with E-state index in [2.05, 4.69) is 10.6 Å². The number of ether oxygens (including phenoxy) is 1. The van der Waals surface area contributed by atoms with Crippen LogP contribution in [0.2, 0.25) is 0 Å². The fourth-order valence-corrected chi connectivity index (χ4v) is 2.86. The van der Waals surface area contributed by atoms with Crippen LogP contribution in [0, 0.1) is 0 Å². The summed E-state index contributed by atoms with van der Waals surface area (Å²) in [5.41, 5.74) is 0.698. The fraction of sp³-hybridized carbons (Fsp3) is 0.652. The van der Waals surface area contributed by atoms with Gasteiger partial charge in [-0.3, -0.25) is 4.79 Å². The molecule has 1 aromatic rings. The minimum atomic E-state index is -0.438. The Labute approximate surface area is 170 Å². The van der Waals surface area contributed by atoms with E-state index < -0.39 is 5.60 Å². The molecular weight excluding hydrogens is 352 g/mol. The largest absolute Gasteiger partial charge is 0.444 e. The lowest BCUT2D eigenvalue weighted by atomic mass is 10.1. The number of alkyl carbamates (subject to hydrolysis) is 1. The quantitative estimate of drug-likeness (QED) is 0.447. The highest BCUT2D eigenvalue weighted by molar-refractivity contribution is 5.75. The second kappa shape index (κ2) is 14.0. The van der Waals surface area contributed by atoms with Gasteiger partial charge in [-0.2, -0.15) is 0 Å². The summed E-state index contributed by atoms with van der Waals surface area (Å²) in [7, 11) is 0. The molecule has 2 amide bonds. The van der Waals surface area contributed by atoms with Gasteiger partial charge < -0.3 is 15.4 Å². The number of carbonyl (C=O) groups is 2. The minimum absolute atomic E-state index is 0.140. The Kier molecular flexibility index (Phi) is 12.0. The average Bonchev–Trinajstić information content (AvgIpc) is 2.64. The molecule has 0 bridgehead atoms. The van der Waals surface area contributed by atoms with Gasteiger partial charge in [-0.05, 0) is 39.2 Å². The van der Waals surface area contributed by atoms with Crippen LogP contribution >= 0.6 is 0 Å². The molecule has 0 aliphatic carbocycles. The van der Waals surface area contributed by atoms with Crippen molar-refractivity contribution in [2.45, 2.75) is 90.7 Å². The molecule has 5 nitrogen and oxygen atoms in total. The van der Waals surface area contributed by atoms with Crippen LogP contribution in [0.25, 0.3) is 0 Å². The van der Waals surface area contributed by atoms with Crippen molar-refractivity contribution in [3.05, 3.63) is 35.9 Å². The van der Waals surface area contributed by atoms with Gasteiger partial charge in [-0.1, -0.05) is 68.9 Å². The Morgan fingerprint density at radius 3 is 2.00 bits per heavy atom. The highest BCUT2D eigenvalue weighted by Gasteiger charge is 2.15. The maximum absolute atomic E-state index is 11.8. The predicted molar refractivity (Wildman–Crippen MR) is 114 cm³/mol.